The highest BCUT2D eigenvalue weighted by atomic mass is 32.2. The number of H-pyrrole nitrogens is 1. The second-order valence-corrected chi connectivity index (χ2v) is 7.73. The maximum atomic E-state index is 14.6. The number of nitrogens with one attached hydrogen (secondary N) is 2. The van der Waals surface area contributed by atoms with Crippen molar-refractivity contribution in [2.75, 3.05) is 10.5 Å². The van der Waals surface area contributed by atoms with Crippen molar-refractivity contribution < 1.29 is 17.2 Å². The van der Waals surface area contributed by atoms with Gasteiger partial charge in [0.1, 0.15) is 5.82 Å². The molecule has 0 aliphatic carbocycles. The van der Waals surface area contributed by atoms with Gasteiger partial charge in [-0.05, 0) is 31.5 Å². The normalized spacial score (nSPS) is 11.3. The van der Waals surface area contributed by atoms with E-state index in [0.29, 0.717) is 17.6 Å². The summed E-state index contributed by atoms with van der Waals surface area (Å²) in [6, 6.07) is 3.71. The van der Waals surface area contributed by atoms with E-state index in [4.69, 9.17) is 0 Å². The second kappa shape index (κ2) is 7.32. The van der Waals surface area contributed by atoms with Crippen LogP contribution >= 0.6 is 0 Å². The maximum absolute atomic E-state index is 14.6. The van der Waals surface area contributed by atoms with Crippen molar-refractivity contribution in [3.63, 3.8) is 0 Å². The summed E-state index contributed by atoms with van der Waals surface area (Å²) in [5.41, 5.74) is 0.903. The van der Waals surface area contributed by atoms with E-state index in [0.717, 1.165) is 23.2 Å². The predicted octanol–water partition coefficient (Wildman–Crippen LogP) is 3.10. The number of rotatable bonds is 4. The number of aromatic amines is 1. The highest BCUT2D eigenvalue weighted by Crippen LogP contribution is 2.22. The van der Waals surface area contributed by atoms with Gasteiger partial charge in [0.2, 0.25) is 10.0 Å². The molecule has 0 radical (unpaired) electrons. The molecule has 0 saturated carbocycles. The third-order valence-corrected chi connectivity index (χ3v) is 5.24. The molecule has 0 atom stereocenters. The molecule has 2 aromatic heterocycles. The van der Waals surface area contributed by atoms with Crippen molar-refractivity contribution in [1.29, 1.82) is 0 Å². The predicted molar refractivity (Wildman–Crippen MR) is 98.7 cm³/mol. The summed E-state index contributed by atoms with van der Waals surface area (Å²) in [5.74, 6) is 2.97. The van der Waals surface area contributed by atoms with Crippen molar-refractivity contribution in [2.24, 2.45) is 0 Å². The van der Waals surface area contributed by atoms with Crippen molar-refractivity contribution in [3.05, 3.63) is 52.9 Å². The summed E-state index contributed by atoms with van der Waals surface area (Å²) in [5, 5.41) is 7.53. The van der Waals surface area contributed by atoms with E-state index in [9.17, 15) is 17.2 Å². The van der Waals surface area contributed by atoms with Crippen LogP contribution in [0.15, 0.2) is 24.4 Å². The molecule has 0 spiro atoms. The van der Waals surface area contributed by atoms with Crippen LogP contribution < -0.4 is 4.72 Å². The summed E-state index contributed by atoms with van der Waals surface area (Å²) >= 11 is 0. The maximum Gasteiger partial charge on any atom is 0.232 e. The molecule has 0 saturated heterocycles. The number of fused-ring (bicyclic) bond motifs is 1. The monoisotopic (exact) mass is 390 g/mol. The standard InChI is InChI=1S/C18H16F2N4O2S/c1-3-8-27(25,26)24-16-7-6-15(19)13(17(16)20)5-4-12-9-14-11(2)22-23-18(14)21-10-12/h6-7,9-10,24H,3,8H2,1-2H3,(H,21,22,23). The van der Waals surface area contributed by atoms with Crippen LogP contribution in [0.2, 0.25) is 0 Å². The van der Waals surface area contributed by atoms with Gasteiger partial charge >= 0.3 is 0 Å². The Morgan fingerprint density at radius 1 is 1.26 bits per heavy atom. The molecule has 9 heteroatoms. The van der Waals surface area contributed by atoms with Gasteiger partial charge in [-0.25, -0.2) is 22.2 Å². The number of anilines is 1. The van der Waals surface area contributed by atoms with Crippen molar-refractivity contribution in [2.45, 2.75) is 20.3 Å². The lowest BCUT2D eigenvalue weighted by Crippen LogP contribution is -2.17. The largest absolute Gasteiger partial charge is 0.281 e. The third kappa shape index (κ3) is 4.06. The minimum absolute atomic E-state index is 0.166. The highest BCUT2D eigenvalue weighted by molar-refractivity contribution is 7.92. The molecular formula is C18H16F2N4O2S. The molecule has 27 heavy (non-hydrogen) atoms. The SMILES string of the molecule is CCCS(=O)(=O)Nc1ccc(F)c(C#Cc2cnc3[nH]nc(C)c3c2)c1F. The number of halogens is 2. The fourth-order valence-electron chi connectivity index (χ4n) is 2.46. The van der Waals surface area contributed by atoms with Gasteiger partial charge in [0.25, 0.3) is 0 Å². The van der Waals surface area contributed by atoms with E-state index >= 15 is 0 Å². The topological polar surface area (TPSA) is 87.7 Å². The first kappa shape index (κ1) is 18.8. The van der Waals surface area contributed by atoms with Crippen molar-refractivity contribution >= 4 is 26.7 Å². The Hall–Kier alpha value is -2.99. The number of benzene rings is 1. The lowest BCUT2D eigenvalue weighted by Gasteiger charge is -2.09. The summed E-state index contributed by atoms with van der Waals surface area (Å²) in [6.45, 7) is 3.48. The van der Waals surface area contributed by atoms with Crippen LogP contribution in [0.25, 0.3) is 11.0 Å². The number of nitrogens with zero attached hydrogens (tertiary/aromatic N) is 2. The molecule has 0 aliphatic heterocycles. The number of sulfonamides is 1. The molecule has 6 nitrogen and oxygen atoms in total. The van der Waals surface area contributed by atoms with Gasteiger partial charge in [0, 0.05) is 17.1 Å². The fourth-order valence-corrected chi connectivity index (χ4v) is 3.60. The van der Waals surface area contributed by atoms with Crippen LogP contribution in [0.1, 0.15) is 30.2 Å². The molecule has 0 fully saturated rings. The number of hydrogen-bond donors (Lipinski definition) is 2. The minimum Gasteiger partial charge on any atom is -0.281 e. The quantitative estimate of drug-likeness (QED) is 0.670. The minimum atomic E-state index is -3.71. The number of pyridine rings is 1. The lowest BCUT2D eigenvalue weighted by molar-refractivity contribution is 0.577. The van der Waals surface area contributed by atoms with E-state index in [1.165, 1.54) is 6.20 Å². The summed E-state index contributed by atoms with van der Waals surface area (Å²) in [7, 11) is -3.71. The Morgan fingerprint density at radius 3 is 2.78 bits per heavy atom. The van der Waals surface area contributed by atoms with Gasteiger partial charge in [-0.15, -0.1) is 0 Å². The van der Waals surface area contributed by atoms with Gasteiger partial charge < -0.3 is 0 Å². The molecule has 2 heterocycles. The van der Waals surface area contributed by atoms with E-state index in [1.807, 2.05) is 0 Å². The number of hydrogen-bond acceptors (Lipinski definition) is 4. The first-order valence-corrected chi connectivity index (χ1v) is 9.77. The van der Waals surface area contributed by atoms with Gasteiger partial charge in [-0.2, -0.15) is 5.10 Å². The average molecular weight is 390 g/mol. The van der Waals surface area contributed by atoms with E-state index in [1.54, 1.807) is 19.9 Å². The number of aromatic nitrogens is 3. The molecule has 2 N–H and O–H groups in total. The molecule has 140 valence electrons. The smallest absolute Gasteiger partial charge is 0.232 e. The summed E-state index contributed by atoms with van der Waals surface area (Å²) in [4.78, 5) is 4.15. The van der Waals surface area contributed by atoms with E-state index in [-0.39, 0.29) is 11.4 Å². The van der Waals surface area contributed by atoms with Gasteiger partial charge in [-0.3, -0.25) is 9.82 Å². The van der Waals surface area contributed by atoms with Crippen LogP contribution in [0, 0.1) is 30.4 Å². The second-order valence-electron chi connectivity index (χ2n) is 5.88. The highest BCUT2D eigenvalue weighted by Gasteiger charge is 2.17. The average Bonchev–Trinajstić information content (AvgIpc) is 2.98. The Labute approximate surface area is 155 Å². The molecule has 3 rings (SSSR count). The molecule has 0 bridgehead atoms. The molecule has 0 amide bonds. The first-order valence-electron chi connectivity index (χ1n) is 8.12. The zero-order chi connectivity index (χ0) is 19.6. The number of aryl methyl sites for hydroxylation is 1. The molecule has 3 aromatic rings. The van der Waals surface area contributed by atoms with Gasteiger partial charge in [0.15, 0.2) is 11.5 Å². The van der Waals surface area contributed by atoms with Crippen LogP contribution in [-0.4, -0.2) is 29.4 Å². The Balaban J connectivity index is 1.98. The molecular weight excluding hydrogens is 374 g/mol. The molecule has 0 unspecified atom stereocenters. The van der Waals surface area contributed by atoms with Crippen LogP contribution in [0.5, 0.6) is 0 Å². The van der Waals surface area contributed by atoms with Crippen LogP contribution in [-0.2, 0) is 10.0 Å². The van der Waals surface area contributed by atoms with Crippen LogP contribution in [0.3, 0.4) is 0 Å². The lowest BCUT2D eigenvalue weighted by atomic mass is 10.1. The first-order chi connectivity index (χ1) is 12.8. The van der Waals surface area contributed by atoms with Crippen molar-refractivity contribution in [3.8, 4) is 11.8 Å². The van der Waals surface area contributed by atoms with Crippen molar-refractivity contribution in [1.82, 2.24) is 15.2 Å². The molecule has 1 aromatic carbocycles. The summed E-state index contributed by atoms with van der Waals surface area (Å²) in [6.07, 6.45) is 1.82. The molecule has 0 aliphatic rings. The zero-order valence-electron chi connectivity index (χ0n) is 14.6. The fraction of sp³-hybridized carbons (Fsp3) is 0.222. The van der Waals surface area contributed by atoms with Gasteiger partial charge in [0.05, 0.1) is 22.7 Å². The third-order valence-electron chi connectivity index (χ3n) is 3.77. The van der Waals surface area contributed by atoms with E-state index in [2.05, 4.69) is 31.7 Å². The Kier molecular flexibility index (Phi) is 5.10. The zero-order valence-corrected chi connectivity index (χ0v) is 15.4. The van der Waals surface area contributed by atoms with Crippen LogP contribution in [0.4, 0.5) is 14.5 Å². The summed E-state index contributed by atoms with van der Waals surface area (Å²) < 4.78 is 54.4. The Morgan fingerprint density at radius 2 is 2.04 bits per heavy atom. The van der Waals surface area contributed by atoms with E-state index < -0.39 is 27.2 Å². The Bertz CT molecular complexity index is 1180. The van der Waals surface area contributed by atoms with Gasteiger partial charge in [-0.1, -0.05) is 18.8 Å².